The Morgan fingerprint density at radius 3 is 2.95 bits per heavy atom. The molecule has 3 heterocycles. The fraction of sp³-hybridized carbons (Fsp3) is 0.462. The molecule has 0 radical (unpaired) electrons. The zero-order valence-electron chi connectivity index (χ0n) is 11.6. The highest BCUT2D eigenvalue weighted by molar-refractivity contribution is 7.71. The van der Waals surface area contributed by atoms with Gasteiger partial charge >= 0.3 is 0 Å². The summed E-state index contributed by atoms with van der Waals surface area (Å²) in [5, 5.41) is 0. The lowest BCUT2D eigenvalue weighted by Gasteiger charge is -2.27. The molecule has 0 saturated carbocycles. The van der Waals surface area contributed by atoms with E-state index in [0.717, 1.165) is 42.3 Å². The van der Waals surface area contributed by atoms with Crippen LogP contribution in [0.1, 0.15) is 22.8 Å². The molecule has 0 spiro atoms. The summed E-state index contributed by atoms with van der Waals surface area (Å²) in [6.07, 6.45) is 2.72. The average Bonchev–Trinajstić information content (AvgIpc) is 2.71. The van der Waals surface area contributed by atoms with Crippen LogP contribution in [0.15, 0.2) is 11.0 Å². The van der Waals surface area contributed by atoms with Gasteiger partial charge in [-0.25, -0.2) is 4.98 Å². The summed E-state index contributed by atoms with van der Waals surface area (Å²) in [5.41, 5.74) is 2.85. The van der Waals surface area contributed by atoms with Crippen LogP contribution in [0, 0.1) is 11.7 Å². The zero-order chi connectivity index (χ0) is 14.3. The van der Waals surface area contributed by atoms with E-state index in [0.29, 0.717) is 11.3 Å². The molecule has 0 amide bonds. The molecule has 0 fully saturated rings. The largest absolute Gasteiger partial charge is 0.335 e. The summed E-state index contributed by atoms with van der Waals surface area (Å²) in [5.74, 6) is 0.999. The van der Waals surface area contributed by atoms with Gasteiger partial charge in [0.05, 0.1) is 11.3 Å². The number of hydrogen-bond acceptors (Lipinski definition) is 4. The Morgan fingerprint density at radius 2 is 2.25 bits per heavy atom. The van der Waals surface area contributed by atoms with Crippen molar-refractivity contribution in [2.24, 2.45) is 7.05 Å². The van der Waals surface area contributed by atoms with E-state index in [2.05, 4.69) is 24.4 Å². The number of hydrogen-bond donors (Lipinski definition) is 2. The Bertz CT molecular complexity index is 757. The maximum Gasteiger partial charge on any atom is 0.256 e. The molecule has 106 valence electrons. The number of nitrogens with one attached hydrogen (secondary N) is 2. The number of aromatic nitrogens is 4. The summed E-state index contributed by atoms with van der Waals surface area (Å²) in [6, 6.07) is 0. The topological polar surface area (TPSA) is 69.7 Å². The Balaban J connectivity index is 1.84. The van der Waals surface area contributed by atoms with Gasteiger partial charge in [0, 0.05) is 45.0 Å². The van der Waals surface area contributed by atoms with E-state index in [1.54, 1.807) is 0 Å². The van der Waals surface area contributed by atoms with Crippen LogP contribution in [-0.4, -0.2) is 31.0 Å². The molecule has 0 unspecified atom stereocenters. The van der Waals surface area contributed by atoms with Crippen molar-refractivity contribution >= 4 is 12.2 Å². The van der Waals surface area contributed by atoms with Gasteiger partial charge in [-0.1, -0.05) is 0 Å². The van der Waals surface area contributed by atoms with E-state index in [4.69, 9.17) is 12.2 Å². The predicted octanol–water partition coefficient (Wildman–Crippen LogP) is 1.03. The van der Waals surface area contributed by atoms with Crippen molar-refractivity contribution in [2.45, 2.75) is 26.4 Å². The number of rotatable bonds is 2. The number of aryl methyl sites for hydroxylation is 1. The van der Waals surface area contributed by atoms with Crippen molar-refractivity contribution < 1.29 is 0 Å². The molecule has 1 aliphatic heterocycles. The third-order valence-electron chi connectivity index (χ3n) is 3.89. The van der Waals surface area contributed by atoms with E-state index < -0.39 is 0 Å². The molecule has 2 aromatic rings. The van der Waals surface area contributed by atoms with Gasteiger partial charge in [0.15, 0.2) is 4.77 Å². The first-order valence-electron chi connectivity index (χ1n) is 6.58. The van der Waals surface area contributed by atoms with Crippen LogP contribution in [0.25, 0.3) is 0 Å². The minimum Gasteiger partial charge on any atom is -0.335 e. The van der Waals surface area contributed by atoms with Gasteiger partial charge in [0.25, 0.3) is 5.56 Å². The van der Waals surface area contributed by atoms with E-state index in [9.17, 15) is 4.79 Å². The van der Waals surface area contributed by atoms with Crippen LogP contribution in [0.2, 0.25) is 0 Å². The normalized spacial score (nSPS) is 15.3. The summed E-state index contributed by atoms with van der Waals surface area (Å²) < 4.78 is 2.49. The lowest BCUT2D eigenvalue weighted by molar-refractivity contribution is 0.236. The lowest BCUT2D eigenvalue weighted by Crippen LogP contribution is -2.35. The van der Waals surface area contributed by atoms with E-state index in [-0.39, 0.29) is 5.56 Å². The highest BCUT2D eigenvalue weighted by Gasteiger charge is 2.20. The van der Waals surface area contributed by atoms with Crippen molar-refractivity contribution in [2.75, 3.05) is 6.54 Å². The third kappa shape index (κ3) is 2.34. The van der Waals surface area contributed by atoms with E-state index >= 15 is 0 Å². The molecular formula is C13H17N5OS. The van der Waals surface area contributed by atoms with Crippen LogP contribution < -0.4 is 5.56 Å². The highest BCUT2D eigenvalue weighted by Crippen LogP contribution is 2.16. The van der Waals surface area contributed by atoms with Crippen molar-refractivity contribution in [3.8, 4) is 0 Å². The second kappa shape index (κ2) is 4.99. The quantitative estimate of drug-likeness (QED) is 0.811. The van der Waals surface area contributed by atoms with Crippen LogP contribution in [0.4, 0.5) is 0 Å². The first kappa shape index (κ1) is 13.3. The van der Waals surface area contributed by atoms with Gasteiger partial charge in [-0.15, -0.1) is 0 Å². The minimum absolute atomic E-state index is 0.0744. The van der Waals surface area contributed by atoms with Crippen molar-refractivity contribution in [1.29, 1.82) is 0 Å². The Labute approximate surface area is 121 Å². The smallest absolute Gasteiger partial charge is 0.256 e. The van der Waals surface area contributed by atoms with Crippen LogP contribution >= 0.6 is 12.2 Å². The molecule has 0 atom stereocenters. The fourth-order valence-corrected chi connectivity index (χ4v) is 2.79. The maximum atomic E-state index is 12.0. The summed E-state index contributed by atoms with van der Waals surface area (Å²) in [7, 11) is 2.01. The lowest BCUT2D eigenvalue weighted by atomic mass is 10.1. The van der Waals surface area contributed by atoms with Gasteiger partial charge in [-0.2, -0.15) is 0 Å². The highest BCUT2D eigenvalue weighted by atomic mass is 32.1. The van der Waals surface area contributed by atoms with Gasteiger partial charge < -0.3 is 9.55 Å². The molecule has 2 aromatic heterocycles. The molecule has 1 aliphatic rings. The summed E-state index contributed by atoms with van der Waals surface area (Å²) >= 11 is 5.00. The molecule has 7 heteroatoms. The number of nitrogens with zero attached hydrogens (tertiary/aromatic N) is 3. The molecule has 0 bridgehead atoms. The first-order chi connectivity index (χ1) is 9.54. The van der Waals surface area contributed by atoms with Crippen molar-refractivity contribution in [3.63, 3.8) is 0 Å². The second-order valence-electron chi connectivity index (χ2n) is 5.18. The van der Waals surface area contributed by atoms with E-state index in [1.165, 1.54) is 0 Å². The Kier molecular flexibility index (Phi) is 3.31. The monoisotopic (exact) mass is 291 g/mol. The fourth-order valence-electron chi connectivity index (χ4n) is 2.57. The van der Waals surface area contributed by atoms with Crippen molar-refractivity contribution in [1.82, 2.24) is 24.4 Å². The number of fused-ring (bicyclic) bond motifs is 1. The molecule has 0 aliphatic carbocycles. The number of imidazole rings is 1. The SMILES string of the molecule is Cc1ncc(CN2CCc3[nH]c(=S)[nH]c(=O)c3C2)n1C. The maximum absolute atomic E-state index is 12.0. The number of H-pyrrole nitrogens is 2. The molecule has 0 saturated heterocycles. The standard InChI is InChI=1S/C13H17N5OS/c1-8-14-5-9(17(8)2)6-18-4-3-11-10(7-18)12(19)16-13(20)15-11/h5H,3-4,6-7H2,1-2H3,(H2,15,16,19,20). The zero-order valence-corrected chi connectivity index (χ0v) is 12.4. The Hall–Kier alpha value is -1.73. The van der Waals surface area contributed by atoms with Crippen LogP contribution in [0.5, 0.6) is 0 Å². The molecule has 6 nitrogen and oxygen atoms in total. The van der Waals surface area contributed by atoms with Crippen LogP contribution in [0.3, 0.4) is 0 Å². The second-order valence-corrected chi connectivity index (χ2v) is 5.59. The van der Waals surface area contributed by atoms with Gasteiger partial charge in [-0.05, 0) is 19.1 Å². The summed E-state index contributed by atoms with van der Waals surface area (Å²) in [4.78, 5) is 24.3. The molecule has 0 aromatic carbocycles. The van der Waals surface area contributed by atoms with Gasteiger partial charge in [-0.3, -0.25) is 14.7 Å². The molecule has 2 N–H and O–H groups in total. The van der Waals surface area contributed by atoms with Gasteiger partial charge in [0.1, 0.15) is 5.82 Å². The molecule has 20 heavy (non-hydrogen) atoms. The average molecular weight is 291 g/mol. The van der Waals surface area contributed by atoms with Crippen molar-refractivity contribution in [3.05, 3.63) is 44.1 Å². The predicted molar refractivity (Wildman–Crippen MR) is 78.0 cm³/mol. The summed E-state index contributed by atoms with van der Waals surface area (Å²) in [6.45, 7) is 4.33. The number of aromatic amines is 2. The molecular weight excluding hydrogens is 274 g/mol. The van der Waals surface area contributed by atoms with Gasteiger partial charge in [0.2, 0.25) is 0 Å². The minimum atomic E-state index is -0.0744. The van der Waals surface area contributed by atoms with E-state index in [1.807, 2.05) is 20.2 Å². The van der Waals surface area contributed by atoms with Crippen LogP contribution in [-0.2, 0) is 26.6 Å². The third-order valence-corrected chi connectivity index (χ3v) is 4.10. The molecule has 3 rings (SSSR count). The first-order valence-corrected chi connectivity index (χ1v) is 6.99. The Morgan fingerprint density at radius 1 is 1.45 bits per heavy atom.